The summed E-state index contributed by atoms with van der Waals surface area (Å²) < 4.78 is 0. The molecule has 1 aromatic rings. The maximum absolute atomic E-state index is 4.40. The maximum atomic E-state index is 4.40. The minimum absolute atomic E-state index is 0.516. The molecule has 1 heterocycles. The largest absolute Gasteiger partial charge is 0.314 e. The molecule has 3 heteroatoms. The van der Waals surface area contributed by atoms with E-state index in [2.05, 4.69) is 29.5 Å². The summed E-state index contributed by atoms with van der Waals surface area (Å²) in [5, 5.41) is 6.96. The molecule has 1 aliphatic carbocycles. The van der Waals surface area contributed by atoms with Gasteiger partial charge in [-0.2, -0.15) is 0 Å². The van der Waals surface area contributed by atoms with Gasteiger partial charge in [0.05, 0.1) is 5.01 Å². The third kappa shape index (κ3) is 2.79. The SMILES string of the molecule is CC(C)NCC1(Cc2nccs2)CCC1. The highest BCUT2D eigenvalue weighted by Gasteiger charge is 2.37. The third-order valence-corrected chi connectivity index (χ3v) is 4.09. The van der Waals surface area contributed by atoms with Gasteiger partial charge in [0, 0.05) is 30.6 Å². The molecule has 0 unspecified atom stereocenters. The van der Waals surface area contributed by atoms with Gasteiger partial charge in [-0.3, -0.25) is 0 Å². The van der Waals surface area contributed by atoms with Crippen molar-refractivity contribution in [1.82, 2.24) is 10.3 Å². The van der Waals surface area contributed by atoms with Gasteiger partial charge >= 0.3 is 0 Å². The maximum Gasteiger partial charge on any atom is 0.0930 e. The van der Waals surface area contributed by atoms with Crippen LogP contribution < -0.4 is 5.32 Å². The monoisotopic (exact) mass is 224 g/mol. The first kappa shape index (κ1) is 11.1. The molecule has 1 aromatic heterocycles. The molecule has 0 atom stereocenters. The second kappa shape index (κ2) is 4.62. The molecule has 1 fully saturated rings. The van der Waals surface area contributed by atoms with Crippen LogP contribution in [0.4, 0.5) is 0 Å². The van der Waals surface area contributed by atoms with E-state index in [4.69, 9.17) is 0 Å². The van der Waals surface area contributed by atoms with Crippen molar-refractivity contribution < 1.29 is 0 Å². The Labute approximate surface area is 96.1 Å². The number of thiazole rings is 1. The van der Waals surface area contributed by atoms with Crippen LogP contribution in [0.1, 0.15) is 38.1 Å². The third-order valence-electron chi connectivity index (χ3n) is 3.31. The van der Waals surface area contributed by atoms with Gasteiger partial charge < -0.3 is 5.32 Å². The average molecular weight is 224 g/mol. The normalized spacial score (nSPS) is 19.1. The smallest absolute Gasteiger partial charge is 0.0930 e. The van der Waals surface area contributed by atoms with E-state index in [9.17, 15) is 0 Å². The van der Waals surface area contributed by atoms with Gasteiger partial charge in [0.2, 0.25) is 0 Å². The summed E-state index contributed by atoms with van der Waals surface area (Å²) in [6.45, 7) is 5.59. The topological polar surface area (TPSA) is 24.9 Å². The summed E-state index contributed by atoms with van der Waals surface area (Å²) >= 11 is 1.79. The Morgan fingerprint density at radius 1 is 1.53 bits per heavy atom. The summed E-state index contributed by atoms with van der Waals surface area (Å²) in [5.74, 6) is 0. The standard InChI is InChI=1S/C12H20N2S/c1-10(2)14-9-12(4-3-5-12)8-11-13-6-7-15-11/h6-7,10,14H,3-5,8-9H2,1-2H3. The Bertz CT molecular complexity index is 289. The van der Waals surface area contributed by atoms with Gasteiger partial charge in [-0.1, -0.05) is 20.3 Å². The predicted octanol–water partition coefficient (Wildman–Crippen LogP) is 2.85. The molecule has 15 heavy (non-hydrogen) atoms. The highest BCUT2D eigenvalue weighted by Crippen LogP contribution is 2.43. The highest BCUT2D eigenvalue weighted by molar-refractivity contribution is 7.09. The number of nitrogens with zero attached hydrogens (tertiary/aromatic N) is 1. The minimum atomic E-state index is 0.516. The molecule has 1 aliphatic rings. The fourth-order valence-corrected chi connectivity index (χ4v) is 2.96. The molecule has 1 N–H and O–H groups in total. The molecule has 2 nitrogen and oxygen atoms in total. The molecule has 2 rings (SSSR count). The van der Waals surface area contributed by atoms with Crippen LogP contribution in [0, 0.1) is 5.41 Å². The number of hydrogen-bond donors (Lipinski definition) is 1. The van der Waals surface area contributed by atoms with Gasteiger partial charge in [-0.05, 0) is 18.3 Å². The van der Waals surface area contributed by atoms with Crippen molar-refractivity contribution in [3.8, 4) is 0 Å². The van der Waals surface area contributed by atoms with Crippen LogP contribution in [0.15, 0.2) is 11.6 Å². The lowest BCUT2D eigenvalue weighted by molar-refractivity contribution is 0.126. The van der Waals surface area contributed by atoms with E-state index in [1.165, 1.54) is 30.7 Å². The van der Waals surface area contributed by atoms with E-state index in [0.29, 0.717) is 11.5 Å². The first-order valence-corrected chi connectivity index (χ1v) is 6.70. The fraction of sp³-hybridized carbons (Fsp3) is 0.750. The second-order valence-corrected chi connectivity index (χ2v) is 5.97. The van der Waals surface area contributed by atoms with Gasteiger partial charge in [0.15, 0.2) is 0 Å². The Kier molecular flexibility index (Phi) is 3.42. The predicted molar refractivity (Wildman–Crippen MR) is 65.2 cm³/mol. The lowest BCUT2D eigenvalue weighted by Crippen LogP contribution is -2.43. The van der Waals surface area contributed by atoms with Crippen LogP contribution >= 0.6 is 11.3 Å². The van der Waals surface area contributed by atoms with Crippen molar-refractivity contribution in [2.45, 2.75) is 45.6 Å². The van der Waals surface area contributed by atoms with Crippen molar-refractivity contribution in [1.29, 1.82) is 0 Å². The Morgan fingerprint density at radius 3 is 2.80 bits per heavy atom. The molecule has 1 saturated carbocycles. The Hall–Kier alpha value is -0.410. The van der Waals surface area contributed by atoms with Gasteiger partial charge in [0.25, 0.3) is 0 Å². The zero-order chi connectivity index (χ0) is 10.7. The van der Waals surface area contributed by atoms with Crippen LogP contribution in [0.5, 0.6) is 0 Å². The second-order valence-electron chi connectivity index (χ2n) is 4.99. The molecule has 0 saturated heterocycles. The molecular weight excluding hydrogens is 204 g/mol. The van der Waals surface area contributed by atoms with Crippen LogP contribution in [-0.4, -0.2) is 17.6 Å². The summed E-state index contributed by atoms with van der Waals surface area (Å²) in [7, 11) is 0. The number of nitrogens with one attached hydrogen (secondary N) is 1. The van der Waals surface area contributed by atoms with Crippen molar-refractivity contribution in [2.24, 2.45) is 5.41 Å². The van der Waals surface area contributed by atoms with E-state index >= 15 is 0 Å². The lowest BCUT2D eigenvalue weighted by Gasteiger charge is -2.42. The van der Waals surface area contributed by atoms with Crippen molar-refractivity contribution in [3.05, 3.63) is 16.6 Å². The van der Waals surface area contributed by atoms with Crippen molar-refractivity contribution >= 4 is 11.3 Å². The number of rotatable bonds is 5. The van der Waals surface area contributed by atoms with E-state index in [0.717, 1.165) is 6.54 Å². The first-order chi connectivity index (χ1) is 7.20. The molecule has 0 radical (unpaired) electrons. The summed E-state index contributed by atoms with van der Waals surface area (Å²) in [6, 6.07) is 0.596. The lowest BCUT2D eigenvalue weighted by atomic mass is 9.66. The molecule has 0 aromatic carbocycles. The molecule has 0 spiro atoms. The van der Waals surface area contributed by atoms with Crippen molar-refractivity contribution in [2.75, 3.05) is 6.54 Å². The number of hydrogen-bond acceptors (Lipinski definition) is 3. The van der Waals surface area contributed by atoms with Gasteiger partial charge in [-0.15, -0.1) is 11.3 Å². The fourth-order valence-electron chi connectivity index (χ4n) is 2.17. The molecular formula is C12H20N2S. The highest BCUT2D eigenvalue weighted by atomic mass is 32.1. The molecule has 84 valence electrons. The summed E-state index contributed by atoms with van der Waals surface area (Å²) in [5.41, 5.74) is 0.516. The average Bonchev–Trinajstić information content (AvgIpc) is 2.61. The van der Waals surface area contributed by atoms with E-state index in [-0.39, 0.29) is 0 Å². The van der Waals surface area contributed by atoms with Crippen LogP contribution in [0.2, 0.25) is 0 Å². The zero-order valence-corrected chi connectivity index (χ0v) is 10.4. The molecule has 0 aliphatic heterocycles. The van der Waals surface area contributed by atoms with E-state index in [1.807, 2.05) is 6.20 Å². The summed E-state index contributed by atoms with van der Waals surface area (Å²) in [6.07, 6.45) is 7.22. The van der Waals surface area contributed by atoms with E-state index in [1.54, 1.807) is 11.3 Å². The van der Waals surface area contributed by atoms with Crippen LogP contribution in [-0.2, 0) is 6.42 Å². The van der Waals surface area contributed by atoms with Crippen molar-refractivity contribution in [3.63, 3.8) is 0 Å². The number of aromatic nitrogens is 1. The zero-order valence-electron chi connectivity index (χ0n) is 9.62. The van der Waals surface area contributed by atoms with Crippen LogP contribution in [0.3, 0.4) is 0 Å². The van der Waals surface area contributed by atoms with E-state index < -0.39 is 0 Å². The van der Waals surface area contributed by atoms with Gasteiger partial charge in [0.1, 0.15) is 0 Å². The quantitative estimate of drug-likeness (QED) is 0.832. The summed E-state index contributed by atoms with van der Waals surface area (Å²) in [4.78, 5) is 4.40. The van der Waals surface area contributed by atoms with Gasteiger partial charge in [-0.25, -0.2) is 4.98 Å². The Balaban J connectivity index is 1.90. The Morgan fingerprint density at radius 2 is 2.33 bits per heavy atom. The molecule has 0 amide bonds. The van der Waals surface area contributed by atoms with Crippen LogP contribution in [0.25, 0.3) is 0 Å². The first-order valence-electron chi connectivity index (χ1n) is 5.82. The molecule has 0 bridgehead atoms. The minimum Gasteiger partial charge on any atom is -0.314 e.